The van der Waals surface area contributed by atoms with Gasteiger partial charge in [-0.05, 0) is 48.4 Å². The highest BCUT2D eigenvalue weighted by atomic mass is 16.5. The molecule has 2 aromatic carbocycles. The molecule has 0 aromatic heterocycles. The third-order valence-corrected chi connectivity index (χ3v) is 6.47. The lowest BCUT2D eigenvalue weighted by Crippen LogP contribution is -2.51. The number of alkyl carbamates (subject to hydrolysis) is 1. The van der Waals surface area contributed by atoms with E-state index in [1.165, 1.54) is 18.1 Å². The Morgan fingerprint density at radius 1 is 1.03 bits per heavy atom. The molecule has 0 saturated carbocycles. The first-order chi connectivity index (χ1) is 15.8. The number of amides is 2. The molecule has 1 aliphatic carbocycles. The lowest BCUT2D eigenvalue weighted by atomic mass is 9.98. The van der Waals surface area contributed by atoms with Crippen LogP contribution in [0.25, 0.3) is 11.1 Å². The molecule has 2 aromatic rings. The number of carbonyl (C=O) groups excluding carboxylic acids is 2. The highest BCUT2D eigenvalue weighted by molar-refractivity contribution is 5.86. The molecule has 2 amide bonds. The van der Waals surface area contributed by atoms with E-state index in [0.29, 0.717) is 12.8 Å². The number of rotatable bonds is 10. The van der Waals surface area contributed by atoms with E-state index in [4.69, 9.17) is 4.74 Å². The molecular formula is C26H32N2O5. The van der Waals surface area contributed by atoms with Crippen LogP contribution in [0.15, 0.2) is 48.5 Å². The van der Waals surface area contributed by atoms with E-state index in [-0.39, 0.29) is 37.3 Å². The monoisotopic (exact) mass is 452 g/mol. The number of ether oxygens (including phenoxy) is 1. The van der Waals surface area contributed by atoms with Crippen LogP contribution in [0.1, 0.15) is 63.5 Å². The fourth-order valence-corrected chi connectivity index (χ4v) is 4.15. The Kier molecular flexibility index (Phi) is 7.74. The maximum Gasteiger partial charge on any atom is 0.407 e. The fraction of sp³-hybridized carbons (Fsp3) is 0.423. The molecule has 7 heteroatoms. The van der Waals surface area contributed by atoms with Crippen LogP contribution in [0, 0.1) is 0 Å². The third-order valence-electron chi connectivity index (χ3n) is 6.47. The van der Waals surface area contributed by atoms with Gasteiger partial charge in [0.15, 0.2) is 0 Å². The fourth-order valence-electron chi connectivity index (χ4n) is 4.15. The van der Waals surface area contributed by atoms with Crippen LogP contribution in [-0.2, 0) is 14.3 Å². The molecule has 0 radical (unpaired) electrons. The van der Waals surface area contributed by atoms with E-state index in [1.807, 2.05) is 31.2 Å². The van der Waals surface area contributed by atoms with Gasteiger partial charge in [0, 0.05) is 18.4 Å². The van der Waals surface area contributed by atoms with Crippen LogP contribution in [0.3, 0.4) is 0 Å². The van der Waals surface area contributed by atoms with Gasteiger partial charge in [0.1, 0.15) is 12.1 Å². The molecule has 0 aliphatic heterocycles. The molecule has 176 valence electrons. The van der Waals surface area contributed by atoms with Gasteiger partial charge in [-0.25, -0.2) is 9.59 Å². The summed E-state index contributed by atoms with van der Waals surface area (Å²) in [6, 6.07) is 16.0. The summed E-state index contributed by atoms with van der Waals surface area (Å²) < 4.78 is 5.58. The van der Waals surface area contributed by atoms with Gasteiger partial charge < -0.3 is 20.5 Å². The minimum Gasteiger partial charge on any atom is -0.480 e. The van der Waals surface area contributed by atoms with Crippen molar-refractivity contribution in [2.45, 2.75) is 64.0 Å². The zero-order valence-corrected chi connectivity index (χ0v) is 19.4. The smallest absolute Gasteiger partial charge is 0.407 e. The van der Waals surface area contributed by atoms with Crippen LogP contribution >= 0.6 is 0 Å². The molecule has 0 saturated heterocycles. The van der Waals surface area contributed by atoms with Gasteiger partial charge in [0.25, 0.3) is 0 Å². The van der Waals surface area contributed by atoms with Crippen molar-refractivity contribution >= 4 is 18.0 Å². The molecule has 2 atom stereocenters. The first kappa shape index (κ1) is 24.3. The number of hydrogen-bond acceptors (Lipinski definition) is 4. The average molecular weight is 453 g/mol. The van der Waals surface area contributed by atoms with E-state index in [9.17, 15) is 19.5 Å². The summed E-state index contributed by atoms with van der Waals surface area (Å²) in [6.45, 7) is 5.34. The first-order valence-corrected chi connectivity index (χ1v) is 11.4. The van der Waals surface area contributed by atoms with E-state index >= 15 is 0 Å². The standard InChI is InChI=1S/C26H32N2O5/c1-4-17(14-15-23(29)28-26(3,5-2)24(30)31)27-25(32)33-16-22-20-12-8-6-10-18(20)19-11-7-9-13-21(19)22/h6-13,17,22H,4-5,14-16H2,1-3H3,(H,27,32)(H,28,29)(H,30,31). The van der Waals surface area contributed by atoms with Gasteiger partial charge in [-0.1, -0.05) is 62.4 Å². The van der Waals surface area contributed by atoms with Crippen molar-refractivity contribution in [3.63, 3.8) is 0 Å². The normalized spacial score (nSPS) is 15.0. The zero-order valence-electron chi connectivity index (χ0n) is 19.4. The van der Waals surface area contributed by atoms with Gasteiger partial charge in [0.2, 0.25) is 5.91 Å². The second-order valence-electron chi connectivity index (χ2n) is 8.65. The number of benzene rings is 2. The molecule has 7 nitrogen and oxygen atoms in total. The summed E-state index contributed by atoms with van der Waals surface area (Å²) in [5.74, 6) is -1.44. The molecule has 0 spiro atoms. The number of aliphatic carboxylic acids is 1. The molecule has 0 bridgehead atoms. The second kappa shape index (κ2) is 10.5. The highest BCUT2D eigenvalue weighted by Crippen LogP contribution is 2.44. The van der Waals surface area contributed by atoms with Crippen LogP contribution in [-0.4, -0.2) is 41.3 Å². The van der Waals surface area contributed by atoms with Gasteiger partial charge >= 0.3 is 12.1 Å². The maximum atomic E-state index is 12.5. The minimum atomic E-state index is -1.29. The molecule has 0 fully saturated rings. The quantitative estimate of drug-likeness (QED) is 0.494. The number of fused-ring (bicyclic) bond motifs is 3. The number of carboxylic acids is 1. The Morgan fingerprint density at radius 2 is 1.61 bits per heavy atom. The van der Waals surface area contributed by atoms with Crippen LogP contribution < -0.4 is 10.6 Å². The van der Waals surface area contributed by atoms with Crippen LogP contribution in [0.2, 0.25) is 0 Å². The largest absolute Gasteiger partial charge is 0.480 e. The molecule has 2 unspecified atom stereocenters. The van der Waals surface area contributed by atoms with Crippen molar-refractivity contribution in [2.75, 3.05) is 6.61 Å². The predicted octanol–water partition coefficient (Wildman–Crippen LogP) is 4.45. The second-order valence-corrected chi connectivity index (χ2v) is 8.65. The van der Waals surface area contributed by atoms with E-state index in [1.54, 1.807) is 6.92 Å². The summed E-state index contributed by atoms with van der Waals surface area (Å²) >= 11 is 0. The third kappa shape index (κ3) is 5.53. The van der Waals surface area contributed by atoms with Crippen LogP contribution in [0.5, 0.6) is 0 Å². The van der Waals surface area contributed by atoms with Crippen molar-refractivity contribution in [1.82, 2.24) is 10.6 Å². The van der Waals surface area contributed by atoms with Gasteiger partial charge in [-0.3, -0.25) is 4.79 Å². The Morgan fingerprint density at radius 3 is 2.12 bits per heavy atom. The Balaban J connectivity index is 1.53. The lowest BCUT2D eigenvalue weighted by molar-refractivity contribution is -0.147. The molecule has 3 rings (SSSR count). The summed E-state index contributed by atoms with van der Waals surface area (Å²) in [5, 5.41) is 14.7. The Labute approximate surface area is 194 Å². The first-order valence-electron chi connectivity index (χ1n) is 11.4. The van der Waals surface area contributed by atoms with Crippen LogP contribution in [0.4, 0.5) is 4.79 Å². The zero-order chi connectivity index (χ0) is 24.0. The molecule has 3 N–H and O–H groups in total. The SMILES string of the molecule is CCC(CCC(=O)NC(C)(CC)C(=O)O)NC(=O)OCC1c2ccccc2-c2ccccc21. The number of carboxylic acid groups (broad SMARTS) is 1. The highest BCUT2D eigenvalue weighted by Gasteiger charge is 2.33. The topological polar surface area (TPSA) is 105 Å². The number of hydrogen-bond donors (Lipinski definition) is 3. The molecule has 33 heavy (non-hydrogen) atoms. The number of nitrogens with one attached hydrogen (secondary N) is 2. The lowest BCUT2D eigenvalue weighted by Gasteiger charge is -2.25. The number of carbonyl (C=O) groups is 3. The molecule has 0 heterocycles. The predicted molar refractivity (Wildman–Crippen MR) is 126 cm³/mol. The summed E-state index contributed by atoms with van der Waals surface area (Å²) in [4.78, 5) is 36.1. The molecule has 1 aliphatic rings. The summed E-state index contributed by atoms with van der Waals surface area (Å²) in [6.07, 6.45) is 0.898. The van der Waals surface area contributed by atoms with E-state index in [2.05, 4.69) is 34.9 Å². The van der Waals surface area contributed by atoms with Crippen molar-refractivity contribution in [3.8, 4) is 11.1 Å². The van der Waals surface area contributed by atoms with Gasteiger partial charge in [-0.2, -0.15) is 0 Å². The maximum absolute atomic E-state index is 12.5. The van der Waals surface area contributed by atoms with Crippen molar-refractivity contribution in [1.29, 1.82) is 0 Å². The summed E-state index contributed by atoms with van der Waals surface area (Å²) in [7, 11) is 0. The Bertz CT molecular complexity index is 976. The van der Waals surface area contributed by atoms with Gasteiger partial charge in [-0.15, -0.1) is 0 Å². The summed E-state index contributed by atoms with van der Waals surface area (Å²) in [5.41, 5.74) is 3.33. The van der Waals surface area contributed by atoms with Crippen molar-refractivity contribution in [3.05, 3.63) is 59.7 Å². The van der Waals surface area contributed by atoms with Crippen molar-refractivity contribution < 1.29 is 24.2 Å². The molecular weight excluding hydrogens is 420 g/mol. The average Bonchev–Trinajstić information content (AvgIpc) is 3.14. The van der Waals surface area contributed by atoms with Gasteiger partial charge in [0.05, 0.1) is 0 Å². The van der Waals surface area contributed by atoms with Crippen molar-refractivity contribution in [2.24, 2.45) is 0 Å². The van der Waals surface area contributed by atoms with E-state index < -0.39 is 17.6 Å². The Hall–Kier alpha value is -3.35. The minimum absolute atomic E-state index is 0.0169. The van der Waals surface area contributed by atoms with E-state index in [0.717, 1.165) is 11.1 Å².